The first kappa shape index (κ1) is 11.4. The third-order valence-corrected chi connectivity index (χ3v) is 5.45. The fraction of sp³-hybridized carbons (Fsp3) is 0.217. The molecule has 0 spiro atoms. The highest BCUT2D eigenvalue weighted by molar-refractivity contribution is 7.25. The van der Waals surface area contributed by atoms with Crippen molar-refractivity contribution in [2.45, 2.75) is 33.1 Å². The Morgan fingerprint density at radius 3 is 2.29 bits per heavy atom. The zero-order valence-electron chi connectivity index (χ0n) is 18.4. The Morgan fingerprint density at radius 1 is 0.875 bits per heavy atom. The van der Waals surface area contributed by atoms with Crippen molar-refractivity contribution < 1.29 is 5.48 Å². The summed E-state index contributed by atoms with van der Waals surface area (Å²) >= 11 is 1.75. The maximum atomic E-state index is 8.56. The number of hydrogen-bond acceptors (Lipinski definition) is 1. The Bertz CT molecular complexity index is 1220. The van der Waals surface area contributed by atoms with E-state index in [0.29, 0.717) is 11.1 Å². The van der Waals surface area contributed by atoms with Gasteiger partial charge in [-0.1, -0.05) is 74.8 Å². The van der Waals surface area contributed by atoms with Crippen LogP contribution in [0.4, 0.5) is 0 Å². The second-order valence-electron chi connectivity index (χ2n) is 7.21. The number of rotatable bonds is 1. The molecule has 24 heavy (non-hydrogen) atoms. The summed E-state index contributed by atoms with van der Waals surface area (Å²) in [5.74, 6) is 0. The van der Waals surface area contributed by atoms with Crippen molar-refractivity contribution in [2.24, 2.45) is 0 Å². The number of fused-ring (bicyclic) bond motifs is 3. The van der Waals surface area contributed by atoms with Gasteiger partial charge in [0, 0.05) is 20.2 Å². The van der Waals surface area contributed by atoms with Gasteiger partial charge in [-0.2, -0.15) is 0 Å². The van der Waals surface area contributed by atoms with Crippen LogP contribution in [0.5, 0.6) is 0 Å². The topological polar surface area (TPSA) is 0 Å². The van der Waals surface area contributed by atoms with Crippen LogP contribution in [0.3, 0.4) is 0 Å². The molecule has 120 valence electrons. The van der Waals surface area contributed by atoms with E-state index in [1.807, 2.05) is 18.2 Å². The average molecular weight is 335 g/mol. The Labute approximate surface area is 153 Å². The van der Waals surface area contributed by atoms with E-state index < -0.39 is 0 Å². The molecule has 0 amide bonds. The first-order valence-corrected chi connectivity index (χ1v) is 8.96. The van der Waals surface area contributed by atoms with E-state index in [-0.39, 0.29) is 29.6 Å². The molecule has 0 radical (unpaired) electrons. The molecule has 4 aromatic rings. The first-order chi connectivity index (χ1) is 13.1. The molecule has 0 saturated carbocycles. The molecule has 0 bridgehead atoms. The molecule has 1 aromatic heterocycles. The Morgan fingerprint density at radius 2 is 1.58 bits per heavy atom. The van der Waals surface area contributed by atoms with Gasteiger partial charge >= 0.3 is 0 Å². The van der Waals surface area contributed by atoms with E-state index in [2.05, 4.69) is 39.0 Å². The van der Waals surface area contributed by atoms with Crippen LogP contribution in [-0.2, 0) is 5.41 Å². The van der Waals surface area contributed by atoms with E-state index in [0.717, 1.165) is 16.5 Å². The molecular weight excluding hydrogens is 308 g/mol. The Balaban J connectivity index is 2.23. The average Bonchev–Trinajstić information content (AvgIpc) is 3.02. The molecule has 4 rings (SSSR count). The van der Waals surface area contributed by atoms with Gasteiger partial charge in [-0.25, -0.2) is 0 Å². The quantitative estimate of drug-likeness (QED) is 0.342. The summed E-state index contributed by atoms with van der Waals surface area (Å²) in [7, 11) is 0. The molecular formula is C23H22S. The number of thiophene rings is 1. The van der Waals surface area contributed by atoms with E-state index in [4.69, 9.17) is 5.48 Å². The summed E-state index contributed by atoms with van der Waals surface area (Å²) in [4.78, 5) is 0. The minimum absolute atomic E-state index is 0.0304. The third-order valence-electron chi connectivity index (χ3n) is 4.31. The van der Waals surface area contributed by atoms with Crippen molar-refractivity contribution in [3.63, 3.8) is 0 Å². The van der Waals surface area contributed by atoms with Crippen LogP contribution in [0.2, 0.25) is 0 Å². The lowest BCUT2D eigenvalue weighted by atomic mass is 9.79. The molecule has 1 heteroatoms. The predicted octanol–water partition coefficient (Wildman–Crippen LogP) is 7.33. The molecule has 1 heterocycles. The van der Waals surface area contributed by atoms with Crippen molar-refractivity contribution in [3.8, 4) is 11.1 Å². The number of hydrogen-bond donors (Lipinski definition) is 0. The molecule has 0 aliphatic rings. The van der Waals surface area contributed by atoms with Crippen LogP contribution in [0.25, 0.3) is 31.3 Å². The summed E-state index contributed by atoms with van der Waals surface area (Å²) in [5, 5.41) is 2.33. The minimum atomic E-state index is -0.229. The van der Waals surface area contributed by atoms with Crippen molar-refractivity contribution in [1.29, 1.82) is 0 Å². The highest BCUT2D eigenvalue weighted by atomic mass is 32.1. The lowest BCUT2D eigenvalue weighted by Gasteiger charge is -2.25. The molecule has 0 unspecified atom stereocenters. The third kappa shape index (κ3) is 2.44. The second-order valence-corrected chi connectivity index (χ2v) is 8.29. The fourth-order valence-corrected chi connectivity index (χ4v) is 4.43. The monoisotopic (exact) mass is 334 g/mol. The molecule has 0 aliphatic carbocycles. The molecule has 3 aromatic carbocycles. The van der Waals surface area contributed by atoms with Crippen molar-refractivity contribution >= 4 is 31.5 Å². The highest BCUT2D eigenvalue weighted by Gasteiger charge is 2.24. The van der Waals surface area contributed by atoms with E-state index in [9.17, 15) is 0 Å². The molecule has 0 N–H and O–H groups in total. The molecule has 0 aliphatic heterocycles. The van der Waals surface area contributed by atoms with Crippen LogP contribution < -0.4 is 0 Å². The lowest BCUT2D eigenvalue weighted by molar-refractivity contribution is 0.598. The van der Waals surface area contributed by atoms with E-state index >= 15 is 0 Å². The minimum Gasteiger partial charge on any atom is -0.135 e. The van der Waals surface area contributed by atoms with Crippen LogP contribution in [0.1, 0.15) is 37.4 Å². The van der Waals surface area contributed by atoms with Gasteiger partial charge in [0.15, 0.2) is 0 Å². The summed E-state index contributed by atoms with van der Waals surface area (Å²) in [6.07, 6.45) is 0. The van der Waals surface area contributed by atoms with Gasteiger partial charge in [0.1, 0.15) is 0 Å². The zero-order valence-corrected chi connectivity index (χ0v) is 15.2. The molecule has 0 saturated heterocycles. The SMILES string of the molecule is [2H]c1c([2H])c(-c2ccc3sc4ccccc4c3c2C(C)(C)C)c([2H])c([2H])c1C. The maximum absolute atomic E-state index is 8.56. The summed E-state index contributed by atoms with van der Waals surface area (Å²) in [5.41, 5.74) is 2.42. The molecule has 0 nitrogen and oxygen atoms in total. The van der Waals surface area contributed by atoms with Gasteiger partial charge in [0.25, 0.3) is 0 Å². The van der Waals surface area contributed by atoms with Crippen molar-refractivity contribution in [3.05, 3.63) is 71.7 Å². The Hall–Kier alpha value is -2.12. The summed E-state index contributed by atoms with van der Waals surface area (Å²) in [6.45, 7) is 8.07. The lowest BCUT2D eigenvalue weighted by Crippen LogP contribution is -2.13. The van der Waals surface area contributed by atoms with Crippen LogP contribution in [0, 0.1) is 6.92 Å². The van der Waals surface area contributed by atoms with Crippen LogP contribution in [0.15, 0.2) is 60.6 Å². The van der Waals surface area contributed by atoms with Gasteiger partial charge in [0.2, 0.25) is 0 Å². The smallest absolute Gasteiger partial charge is 0.0629 e. The number of benzene rings is 3. The normalized spacial score (nSPS) is 14.5. The highest BCUT2D eigenvalue weighted by Crippen LogP contribution is 2.44. The van der Waals surface area contributed by atoms with Gasteiger partial charge in [-0.3, -0.25) is 0 Å². The predicted molar refractivity (Wildman–Crippen MR) is 108 cm³/mol. The Kier molecular flexibility index (Phi) is 2.60. The molecule has 0 atom stereocenters. The van der Waals surface area contributed by atoms with Gasteiger partial charge in [-0.15, -0.1) is 11.3 Å². The second kappa shape index (κ2) is 5.46. The largest absolute Gasteiger partial charge is 0.135 e. The van der Waals surface area contributed by atoms with Gasteiger partial charge in [-0.05, 0) is 41.2 Å². The fourth-order valence-electron chi connectivity index (χ4n) is 3.31. The standard InChI is InChI=1S/C23H22S/c1-15-9-11-16(12-10-15)17-13-14-20-21(22(17)23(2,3)4)18-7-5-6-8-19(18)24-20/h5-14H,1-4H3/i9D,10D,11D,12D. The zero-order chi connectivity index (χ0) is 20.4. The maximum Gasteiger partial charge on any atom is 0.0629 e. The van der Waals surface area contributed by atoms with Crippen LogP contribution >= 0.6 is 11.3 Å². The van der Waals surface area contributed by atoms with Crippen molar-refractivity contribution in [1.82, 2.24) is 0 Å². The van der Waals surface area contributed by atoms with Crippen molar-refractivity contribution in [2.75, 3.05) is 0 Å². The molecule has 0 fully saturated rings. The van der Waals surface area contributed by atoms with Crippen LogP contribution in [-0.4, -0.2) is 0 Å². The van der Waals surface area contributed by atoms with E-state index in [1.54, 1.807) is 18.3 Å². The van der Waals surface area contributed by atoms with Gasteiger partial charge in [0.05, 0.1) is 5.48 Å². The summed E-state index contributed by atoms with van der Waals surface area (Å²) < 4.78 is 36.1. The van der Waals surface area contributed by atoms with E-state index in [1.165, 1.54) is 14.8 Å². The first-order valence-electron chi connectivity index (χ1n) is 10.1. The van der Waals surface area contributed by atoms with Gasteiger partial charge < -0.3 is 0 Å². The summed E-state index contributed by atoms with van der Waals surface area (Å²) in [6, 6.07) is 12.5.